The molecule has 0 amide bonds. The first-order valence-corrected chi connectivity index (χ1v) is 7.71. The van der Waals surface area contributed by atoms with E-state index in [0.29, 0.717) is 13.0 Å². The van der Waals surface area contributed by atoms with Crippen LogP contribution >= 0.6 is 15.9 Å². The van der Waals surface area contributed by atoms with Crippen LogP contribution in [0.2, 0.25) is 0 Å². The van der Waals surface area contributed by atoms with Crippen LogP contribution in [0.15, 0.2) is 4.47 Å². The summed E-state index contributed by atoms with van der Waals surface area (Å²) in [7, 11) is 1.91. The highest BCUT2D eigenvalue weighted by atomic mass is 79.9. The van der Waals surface area contributed by atoms with Crippen LogP contribution in [0.25, 0.3) is 0 Å². The molecule has 110 valence electrons. The number of aryl methyl sites for hydroxylation is 2. The Morgan fingerprint density at radius 1 is 1.42 bits per heavy atom. The van der Waals surface area contributed by atoms with Crippen LogP contribution in [0.5, 0.6) is 0 Å². The SMILES string of the molecule is CCOC(C)(CC)C(O)Cc1c(Br)c(CC)nn1C. The number of halogens is 1. The summed E-state index contributed by atoms with van der Waals surface area (Å²) < 4.78 is 8.58. The predicted octanol–water partition coefficient (Wildman–Crippen LogP) is 2.85. The van der Waals surface area contributed by atoms with Gasteiger partial charge in [-0.2, -0.15) is 5.10 Å². The molecule has 1 aromatic rings. The molecular formula is C14H25BrN2O2. The van der Waals surface area contributed by atoms with Crippen LogP contribution in [0.1, 0.15) is 45.5 Å². The lowest BCUT2D eigenvalue weighted by molar-refractivity contribution is -0.110. The summed E-state index contributed by atoms with van der Waals surface area (Å²) >= 11 is 3.58. The van der Waals surface area contributed by atoms with Gasteiger partial charge in [-0.05, 0) is 42.6 Å². The number of ether oxygens (including phenoxy) is 1. The van der Waals surface area contributed by atoms with Crippen molar-refractivity contribution in [3.05, 3.63) is 15.9 Å². The lowest BCUT2D eigenvalue weighted by Crippen LogP contribution is -2.43. The second kappa shape index (κ2) is 6.86. The summed E-state index contributed by atoms with van der Waals surface area (Å²) in [5.74, 6) is 0. The van der Waals surface area contributed by atoms with Crippen LogP contribution in [0.3, 0.4) is 0 Å². The molecule has 0 spiro atoms. The van der Waals surface area contributed by atoms with Crippen LogP contribution in [0, 0.1) is 0 Å². The normalized spacial score (nSPS) is 16.4. The van der Waals surface area contributed by atoms with E-state index < -0.39 is 11.7 Å². The van der Waals surface area contributed by atoms with E-state index in [1.165, 1.54) is 0 Å². The average molecular weight is 333 g/mol. The summed E-state index contributed by atoms with van der Waals surface area (Å²) in [6.45, 7) is 8.63. The van der Waals surface area contributed by atoms with Crippen LogP contribution in [-0.2, 0) is 24.6 Å². The summed E-state index contributed by atoms with van der Waals surface area (Å²) in [6.07, 6.45) is 1.64. The Balaban J connectivity index is 2.92. The van der Waals surface area contributed by atoms with Gasteiger partial charge in [-0.15, -0.1) is 0 Å². The van der Waals surface area contributed by atoms with Gasteiger partial charge in [-0.3, -0.25) is 4.68 Å². The van der Waals surface area contributed by atoms with Gasteiger partial charge in [-0.25, -0.2) is 0 Å². The summed E-state index contributed by atoms with van der Waals surface area (Å²) in [5, 5.41) is 15.0. The van der Waals surface area contributed by atoms with Crippen molar-refractivity contribution in [3.63, 3.8) is 0 Å². The Labute approximate surface area is 124 Å². The zero-order chi connectivity index (χ0) is 14.6. The van der Waals surface area contributed by atoms with Crippen LogP contribution < -0.4 is 0 Å². The Morgan fingerprint density at radius 2 is 2.05 bits per heavy atom. The maximum Gasteiger partial charge on any atom is 0.0913 e. The first kappa shape index (κ1) is 16.7. The number of aliphatic hydroxyl groups excluding tert-OH is 1. The minimum absolute atomic E-state index is 0.509. The molecule has 0 bridgehead atoms. The van der Waals surface area contributed by atoms with Gasteiger partial charge in [0.25, 0.3) is 0 Å². The molecule has 0 radical (unpaired) electrons. The number of nitrogens with zero attached hydrogens (tertiary/aromatic N) is 2. The third-order valence-electron chi connectivity index (χ3n) is 3.77. The van der Waals surface area contributed by atoms with Gasteiger partial charge in [0, 0.05) is 20.1 Å². The Hall–Kier alpha value is -0.390. The maximum atomic E-state index is 10.5. The number of hydrogen-bond acceptors (Lipinski definition) is 3. The molecule has 1 aromatic heterocycles. The zero-order valence-electron chi connectivity index (χ0n) is 12.5. The minimum Gasteiger partial charge on any atom is -0.390 e. The molecule has 0 aliphatic carbocycles. The van der Waals surface area contributed by atoms with E-state index in [1.807, 2.05) is 32.5 Å². The molecule has 1 N–H and O–H groups in total. The number of rotatable bonds is 7. The smallest absolute Gasteiger partial charge is 0.0913 e. The maximum absolute atomic E-state index is 10.5. The summed E-state index contributed by atoms with van der Waals surface area (Å²) in [5.41, 5.74) is 1.54. The lowest BCUT2D eigenvalue weighted by Gasteiger charge is -2.33. The molecule has 19 heavy (non-hydrogen) atoms. The molecule has 2 unspecified atom stereocenters. The molecule has 1 rings (SSSR count). The lowest BCUT2D eigenvalue weighted by atomic mass is 9.92. The third kappa shape index (κ3) is 3.58. The molecule has 0 saturated heterocycles. The van der Waals surface area contributed by atoms with Crippen molar-refractivity contribution in [2.45, 2.75) is 58.7 Å². The van der Waals surface area contributed by atoms with Crippen LogP contribution in [0.4, 0.5) is 0 Å². The van der Waals surface area contributed by atoms with Crippen molar-refractivity contribution in [3.8, 4) is 0 Å². The highest BCUT2D eigenvalue weighted by Crippen LogP contribution is 2.27. The van der Waals surface area contributed by atoms with Crippen molar-refractivity contribution in [1.29, 1.82) is 0 Å². The molecule has 0 saturated carbocycles. The molecule has 0 aliphatic rings. The monoisotopic (exact) mass is 332 g/mol. The van der Waals surface area contributed by atoms with Crippen molar-refractivity contribution in [2.24, 2.45) is 7.05 Å². The molecule has 4 nitrogen and oxygen atoms in total. The highest BCUT2D eigenvalue weighted by molar-refractivity contribution is 9.10. The van der Waals surface area contributed by atoms with Crippen molar-refractivity contribution >= 4 is 15.9 Å². The quantitative estimate of drug-likeness (QED) is 0.835. The standard InChI is InChI=1S/C14H25BrN2O2/c1-6-10-13(15)11(17(5)16-10)9-12(18)14(4,7-2)19-8-3/h12,18H,6-9H2,1-5H3. The molecule has 0 aromatic carbocycles. The Kier molecular flexibility index (Phi) is 6.02. The van der Waals surface area contributed by atoms with E-state index in [9.17, 15) is 5.11 Å². The van der Waals surface area contributed by atoms with E-state index in [-0.39, 0.29) is 0 Å². The van der Waals surface area contributed by atoms with Gasteiger partial charge < -0.3 is 9.84 Å². The van der Waals surface area contributed by atoms with Gasteiger partial charge in [0.05, 0.1) is 27.6 Å². The van der Waals surface area contributed by atoms with E-state index in [0.717, 1.165) is 28.7 Å². The van der Waals surface area contributed by atoms with E-state index >= 15 is 0 Å². The van der Waals surface area contributed by atoms with Gasteiger partial charge in [0.1, 0.15) is 0 Å². The molecule has 2 atom stereocenters. The fourth-order valence-corrected chi connectivity index (χ4v) is 2.98. The number of aliphatic hydroxyl groups is 1. The largest absolute Gasteiger partial charge is 0.390 e. The fourth-order valence-electron chi connectivity index (χ4n) is 2.20. The molecule has 1 heterocycles. The van der Waals surface area contributed by atoms with Gasteiger partial charge in [0.15, 0.2) is 0 Å². The number of hydrogen-bond donors (Lipinski definition) is 1. The third-order valence-corrected chi connectivity index (χ3v) is 4.69. The van der Waals surface area contributed by atoms with Gasteiger partial charge in [0.2, 0.25) is 0 Å². The van der Waals surface area contributed by atoms with Gasteiger partial charge >= 0.3 is 0 Å². The summed E-state index contributed by atoms with van der Waals surface area (Å²) in [6, 6.07) is 0. The second-order valence-electron chi connectivity index (χ2n) is 5.00. The minimum atomic E-state index is -0.547. The molecular weight excluding hydrogens is 308 g/mol. The first-order valence-electron chi connectivity index (χ1n) is 6.91. The molecule has 0 fully saturated rings. The van der Waals surface area contributed by atoms with E-state index in [1.54, 1.807) is 0 Å². The predicted molar refractivity (Wildman–Crippen MR) is 80.3 cm³/mol. The Morgan fingerprint density at radius 3 is 2.47 bits per heavy atom. The molecule has 5 heteroatoms. The van der Waals surface area contributed by atoms with Gasteiger partial charge in [-0.1, -0.05) is 13.8 Å². The Bertz CT molecular complexity index is 420. The fraction of sp³-hybridized carbons (Fsp3) is 0.786. The van der Waals surface area contributed by atoms with Crippen molar-refractivity contribution in [1.82, 2.24) is 9.78 Å². The van der Waals surface area contributed by atoms with E-state index in [4.69, 9.17) is 4.74 Å². The topological polar surface area (TPSA) is 47.3 Å². The second-order valence-corrected chi connectivity index (χ2v) is 5.80. The van der Waals surface area contributed by atoms with Crippen LogP contribution in [-0.4, -0.2) is 33.2 Å². The molecule has 0 aliphatic heterocycles. The summed E-state index contributed by atoms with van der Waals surface area (Å²) in [4.78, 5) is 0. The van der Waals surface area contributed by atoms with Crippen molar-refractivity contribution in [2.75, 3.05) is 6.61 Å². The number of aromatic nitrogens is 2. The van der Waals surface area contributed by atoms with E-state index in [2.05, 4.69) is 28.0 Å². The highest BCUT2D eigenvalue weighted by Gasteiger charge is 2.33. The first-order chi connectivity index (χ1) is 8.89. The van der Waals surface area contributed by atoms with Crippen molar-refractivity contribution < 1.29 is 9.84 Å². The average Bonchev–Trinajstić information content (AvgIpc) is 2.66. The zero-order valence-corrected chi connectivity index (χ0v) is 14.1.